The molecule has 8 heteroatoms. The molecule has 2 aromatic carbocycles. The zero-order valence-corrected chi connectivity index (χ0v) is 18.0. The van der Waals surface area contributed by atoms with Gasteiger partial charge in [0.25, 0.3) is 0 Å². The van der Waals surface area contributed by atoms with Crippen LogP contribution in [0.2, 0.25) is 0 Å². The standard InChI is InChI=1S/C24H29F2N3O3/c25-18-12-20(24(21(26)13-18)32-16-17-4-2-1-3-5-17)19-14-22(19)28-15-23(30)27-6-7-29-8-10-31-11-9-29/h1-5,12-13,19,22,28H,6-11,14-16H2,(H,27,30)/t19-,22+/m0/s1. The summed E-state index contributed by atoms with van der Waals surface area (Å²) in [6.45, 7) is 4.99. The maximum atomic E-state index is 14.5. The third kappa shape index (κ3) is 6.25. The molecular weight excluding hydrogens is 416 g/mol. The average Bonchev–Trinajstić information content (AvgIpc) is 3.58. The monoisotopic (exact) mass is 445 g/mol. The Balaban J connectivity index is 1.26. The van der Waals surface area contributed by atoms with Crippen LogP contribution in [0.1, 0.15) is 23.5 Å². The highest BCUT2D eigenvalue weighted by Gasteiger charge is 2.41. The van der Waals surface area contributed by atoms with Gasteiger partial charge in [-0.25, -0.2) is 8.78 Å². The van der Waals surface area contributed by atoms with Crippen LogP contribution in [0.25, 0.3) is 0 Å². The summed E-state index contributed by atoms with van der Waals surface area (Å²) in [7, 11) is 0. The summed E-state index contributed by atoms with van der Waals surface area (Å²) in [6, 6.07) is 11.6. The van der Waals surface area contributed by atoms with Crippen molar-refractivity contribution in [3.8, 4) is 5.75 Å². The minimum atomic E-state index is -0.706. The van der Waals surface area contributed by atoms with Gasteiger partial charge in [-0.15, -0.1) is 0 Å². The molecule has 0 radical (unpaired) electrons. The van der Waals surface area contributed by atoms with Crippen molar-refractivity contribution in [3.05, 3.63) is 65.2 Å². The van der Waals surface area contributed by atoms with Crippen LogP contribution in [0.5, 0.6) is 5.75 Å². The van der Waals surface area contributed by atoms with Crippen LogP contribution in [0.4, 0.5) is 8.78 Å². The lowest BCUT2D eigenvalue weighted by Gasteiger charge is -2.26. The molecule has 0 aromatic heterocycles. The zero-order valence-electron chi connectivity index (χ0n) is 18.0. The van der Waals surface area contributed by atoms with Gasteiger partial charge in [0.1, 0.15) is 12.4 Å². The van der Waals surface area contributed by atoms with Crippen molar-refractivity contribution in [1.29, 1.82) is 0 Å². The molecule has 1 saturated carbocycles. The topological polar surface area (TPSA) is 62.8 Å². The summed E-state index contributed by atoms with van der Waals surface area (Å²) >= 11 is 0. The maximum absolute atomic E-state index is 14.5. The summed E-state index contributed by atoms with van der Waals surface area (Å²) in [4.78, 5) is 14.4. The smallest absolute Gasteiger partial charge is 0.234 e. The van der Waals surface area contributed by atoms with E-state index in [1.807, 2.05) is 30.3 Å². The Morgan fingerprint density at radius 2 is 1.94 bits per heavy atom. The normalized spacial score (nSPS) is 20.7. The van der Waals surface area contributed by atoms with Crippen LogP contribution in [0, 0.1) is 11.6 Å². The molecule has 1 aliphatic carbocycles. The van der Waals surface area contributed by atoms with Crippen LogP contribution < -0.4 is 15.4 Å². The number of nitrogens with zero attached hydrogens (tertiary/aromatic N) is 1. The van der Waals surface area contributed by atoms with Crippen molar-refractivity contribution in [1.82, 2.24) is 15.5 Å². The minimum Gasteiger partial charge on any atom is -0.486 e. The van der Waals surface area contributed by atoms with Crippen molar-refractivity contribution in [2.75, 3.05) is 45.9 Å². The molecule has 1 heterocycles. The largest absolute Gasteiger partial charge is 0.486 e. The molecule has 2 aliphatic rings. The summed E-state index contributed by atoms with van der Waals surface area (Å²) in [5.74, 6) is -1.43. The van der Waals surface area contributed by atoms with E-state index in [0.29, 0.717) is 18.5 Å². The number of ether oxygens (including phenoxy) is 2. The number of halogens is 2. The zero-order chi connectivity index (χ0) is 22.3. The van der Waals surface area contributed by atoms with Crippen LogP contribution >= 0.6 is 0 Å². The van der Waals surface area contributed by atoms with Gasteiger partial charge in [0, 0.05) is 49.8 Å². The second-order valence-electron chi connectivity index (χ2n) is 8.21. The summed E-state index contributed by atoms with van der Waals surface area (Å²) in [6.07, 6.45) is 0.700. The number of morpholine rings is 1. The van der Waals surface area contributed by atoms with Crippen molar-refractivity contribution in [3.63, 3.8) is 0 Å². The third-order valence-electron chi connectivity index (χ3n) is 5.83. The van der Waals surface area contributed by atoms with Gasteiger partial charge >= 0.3 is 0 Å². The van der Waals surface area contributed by atoms with Crippen LogP contribution in [0.15, 0.2) is 42.5 Å². The average molecular weight is 446 g/mol. The first-order valence-electron chi connectivity index (χ1n) is 11.1. The molecule has 1 aliphatic heterocycles. The van der Waals surface area contributed by atoms with E-state index in [2.05, 4.69) is 15.5 Å². The molecule has 1 saturated heterocycles. The molecule has 1 amide bonds. The van der Waals surface area contributed by atoms with E-state index in [4.69, 9.17) is 9.47 Å². The van der Waals surface area contributed by atoms with Gasteiger partial charge in [0.15, 0.2) is 11.6 Å². The van der Waals surface area contributed by atoms with E-state index in [1.165, 1.54) is 6.07 Å². The predicted octanol–water partition coefficient (Wildman–Crippen LogP) is 2.44. The van der Waals surface area contributed by atoms with Gasteiger partial charge in [-0.1, -0.05) is 30.3 Å². The fraction of sp³-hybridized carbons (Fsp3) is 0.458. The number of hydrogen-bond acceptors (Lipinski definition) is 5. The number of amides is 1. The van der Waals surface area contributed by atoms with Gasteiger partial charge in [0.2, 0.25) is 5.91 Å². The van der Waals surface area contributed by atoms with Crippen LogP contribution in [0.3, 0.4) is 0 Å². The molecule has 172 valence electrons. The number of carbonyl (C=O) groups excluding carboxylic acids is 1. The van der Waals surface area contributed by atoms with E-state index in [0.717, 1.165) is 44.5 Å². The number of rotatable bonds is 10. The van der Waals surface area contributed by atoms with Gasteiger partial charge in [-0.05, 0) is 18.1 Å². The van der Waals surface area contributed by atoms with Crippen LogP contribution in [-0.4, -0.2) is 62.8 Å². The van der Waals surface area contributed by atoms with E-state index in [9.17, 15) is 13.6 Å². The fourth-order valence-corrected chi connectivity index (χ4v) is 3.97. The Bertz CT molecular complexity index is 907. The lowest BCUT2D eigenvalue weighted by molar-refractivity contribution is -0.120. The second kappa shape index (κ2) is 10.8. The molecule has 32 heavy (non-hydrogen) atoms. The molecule has 2 fully saturated rings. The predicted molar refractivity (Wildman–Crippen MR) is 117 cm³/mol. The van der Waals surface area contributed by atoms with Gasteiger partial charge in [0.05, 0.1) is 19.8 Å². The molecule has 0 bridgehead atoms. The Kier molecular flexibility index (Phi) is 7.68. The highest BCUT2D eigenvalue weighted by atomic mass is 19.1. The van der Waals surface area contributed by atoms with Crippen molar-refractivity contribution in [2.24, 2.45) is 0 Å². The van der Waals surface area contributed by atoms with Gasteiger partial charge in [-0.3, -0.25) is 9.69 Å². The summed E-state index contributed by atoms with van der Waals surface area (Å²) < 4.78 is 39.4. The third-order valence-corrected chi connectivity index (χ3v) is 5.83. The SMILES string of the molecule is O=C(CN[C@@H]1C[C@H]1c1cc(F)cc(F)c1OCc1ccccc1)NCCN1CCOCC1. The molecule has 2 aromatic rings. The van der Waals surface area contributed by atoms with E-state index in [-0.39, 0.29) is 36.8 Å². The van der Waals surface area contributed by atoms with Crippen LogP contribution in [-0.2, 0) is 16.1 Å². The number of carbonyl (C=O) groups is 1. The summed E-state index contributed by atoms with van der Waals surface area (Å²) in [5, 5.41) is 6.09. The van der Waals surface area contributed by atoms with Crippen molar-refractivity contribution in [2.45, 2.75) is 25.0 Å². The Morgan fingerprint density at radius 1 is 1.16 bits per heavy atom. The van der Waals surface area contributed by atoms with Gasteiger partial charge < -0.3 is 20.1 Å². The second-order valence-corrected chi connectivity index (χ2v) is 8.21. The highest BCUT2D eigenvalue weighted by molar-refractivity contribution is 5.78. The quantitative estimate of drug-likeness (QED) is 0.588. The van der Waals surface area contributed by atoms with Gasteiger partial charge in [-0.2, -0.15) is 0 Å². The lowest BCUT2D eigenvalue weighted by atomic mass is 10.1. The number of benzene rings is 2. The number of nitrogens with one attached hydrogen (secondary N) is 2. The highest BCUT2D eigenvalue weighted by Crippen LogP contribution is 2.46. The molecule has 0 spiro atoms. The molecule has 2 atom stereocenters. The molecule has 6 nitrogen and oxygen atoms in total. The molecule has 4 rings (SSSR count). The molecule has 0 unspecified atom stereocenters. The first-order chi connectivity index (χ1) is 15.6. The van der Waals surface area contributed by atoms with Crippen molar-refractivity contribution < 1.29 is 23.0 Å². The maximum Gasteiger partial charge on any atom is 0.234 e. The van der Waals surface area contributed by atoms with E-state index >= 15 is 0 Å². The first-order valence-corrected chi connectivity index (χ1v) is 11.1. The Morgan fingerprint density at radius 3 is 2.72 bits per heavy atom. The Hall–Kier alpha value is -2.55. The molecular formula is C24H29F2N3O3. The van der Waals surface area contributed by atoms with Crippen molar-refractivity contribution >= 4 is 5.91 Å². The fourth-order valence-electron chi connectivity index (χ4n) is 3.97. The summed E-state index contributed by atoms with van der Waals surface area (Å²) in [5.41, 5.74) is 1.41. The van der Waals surface area contributed by atoms with E-state index < -0.39 is 11.6 Å². The minimum absolute atomic E-state index is 0.0136. The first kappa shape index (κ1) is 22.6. The van der Waals surface area contributed by atoms with E-state index in [1.54, 1.807) is 0 Å². The molecule has 2 N–H and O–H groups in total. The Labute approximate surface area is 186 Å². The number of hydrogen-bond donors (Lipinski definition) is 2. The lowest BCUT2D eigenvalue weighted by Crippen LogP contribution is -2.43.